The maximum absolute atomic E-state index is 13.2. The van der Waals surface area contributed by atoms with Crippen LogP contribution >= 0.6 is 0 Å². The molecule has 0 fully saturated rings. The van der Waals surface area contributed by atoms with Crippen LogP contribution in [-0.4, -0.2) is 39.4 Å². The van der Waals surface area contributed by atoms with Crippen molar-refractivity contribution in [3.8, 4) is 0 Å². The number of hydrogen-bond acceptors (Lipinski definition) is 5. The highest BCUT2D eigenvalue weighted by atomic mass is 19.1. The second-order valence-corrected chi connectivity index (χ2v) is 5.58. The number of nitrogens with zero attached hydrogens (tertiary/aromatic N) is 3. The first-order valence-electron chi connectivity index (χ1n) is 7.58. The van der Waals surface area contributed by atoms with Crippen LogP contribution < -0.4 is 5.32 Å². The van der Waals surface area contributed by atoms with Crippen LogP contribution in [0.4, 0.5) is 10.2 Å². The number of aryl methyl sites for hydroxylation is 1. The molecule has 0 amide bonds. The number of aromatic carboxylic acids is 1. The number of hydrogen-bond donors (Lipinski definition) is 2. The molecule has 7 nitrogen and oxygen atoms in total. The Morgan fingerprint density at radius 2 is 2.12 bits per heavy atom. The molecule has 25 heavy (non-hydrogen) atoms. The zero-order valence-corrected chi connectivity index (χ0v) is 13.7. The van der Waals surface area contributed by atoms with Gasteiger partial charge in [0.2, 0.25) is 0 Å². The van der Waals surface area contributed by atoms with Gasteiger partial charge in [0, 0.05) is 13.3 Å². The van der Waals surface area contributed by atoms with Crippen LogP contribution in [0.3, 0.4) is 0 Å². The van der Waals surface area contributed by atoms with Crippen LogP contribution in [0, 0.1) is 12.7 Å². The molecular weight excluding hydrogens is 327 g/mol. The molecule has 0 spiro atoms. The van der Waals surface area contributed by atoms with E-state index in [1.807, 2.05) is 0 Å². The van der Waals surface area contributed by atoms with Gasteiger partial charge >= 0.3 is 5.97 Å². The molecule has 0 aliphatic rings. The van der Waals surface area contributed by atoms with E-state index in [0.717, 1.165) is 5.56 Å². The summed E-state index contributed by atoms with van der Waals surface area (Å²) >= 11 is 0. The van der Waals surface area contributed by atoms with E-state index < -0.39 is 5.97 Å². The maximum Gasteiger partial charge on any atom is 0.337 e. The van der Waals surface area contributed by atoms with Gasteiger partial charge < -0.3 is 15.2 Å². The Bertz CT molecular complexity index is 908. The molecule has 0 saturated heterocycles. The quantitative estimate of drug-likeness (QED) is 0.715. The van der Waals surface area contributed by atoms with Crippen LogP contribution in [0.1, 0.15) is 27.5 Å². The molecule has 3 aromatic rings. The number of methoxy groups -OCH3 is 1. The van der Waals surface area contributed by atoms with Gasteiger partial charge in [0.25, 0.3) is 0 Å². The summed E-state index contributed by atoms with van der Waals surface area (Å²) in [6.45, 7) is 2.03. The summed E-state index contributed by atoms with van der Waals surface area (Å²) in [5, 5.41) is 16.6. The third-order valence-corrected chi connectivity index (χ3v) is 3.97. The maximum atomic E-state index is 13.2. The Labute approximate surface area is 143 Å². The van der Waals surface area contributed by atoms with Crippen molar-refractivity contribution in [1.82, 2.24) is 14.6 Å². The molecule has 130 valence electrons. The van der Waals surface area contributed by atoms with E-state index in [0.29, 0.717) is 23.5 Å². The second kappa shape index (κ2) is 6.86. The van der Waals surface area contributed by atoms with Crippen LogP contribution in [0.2, 0.25) is 0 Å². The Balaban J connectivity index is 2.02. The number of aromatic nitrogens is 3. The summed E-state index contributed by atoms with van der Waals surface area (Å²) in [7, 11) is 1.57. The molecule has 2 aromatic heterocycles. The van der Waals surface area contributed by atoms with Crippen molar-refractivity contribution in [3.63, 3.8) is 0 Å². The fraction of sp³-hybridized carbons (Fsp3) is 0.235. The van der Waals surface area contributed by atoms with E-state index >= 15 is 0 Å². The molecule has 1 aromatic carbocycles. The zero-order valence-electron chi connectivity index (χ0n) is 13.7. The smallest absolute Gasteiger partial charge is 0.337 e. The van der Waals surface area contributed by atoms with E-state index in [4.69, 9.17) is 4.74 Å². The number of halogens is 1. The molecule has 2 heterocycles. The molecule has 2 N–H and O–H groups in total. The van der Waals surface area contributed by atoms with Gasteiger partial charge in [0.05, 0.1) is 18.2 Å². The molecule has 0 aliphatic heterocycles. The minimum absolute atomic E-state index is 0.161. The van der Waals surface area contributed by atoms with Crippen molar-refractivity contribution in [2.45, 2.75) is 13.0 Å². The van der Waals surface area contributed by atoms with Gasteiger partial charge in [-0.3, -0.25) is 0 Å². The van der Waals surface area contributed by atoms with Gasteiger partial charge in [0.15, 0.2) is 5.82 Å². The number of anilines is 1. The second-order valence-electron chi connectivity index (χ2n) is 5.58. The van der Waals surface area contributed by atoms with Gasteiger partial charge in [-0.25, -0.2) is 18.7 Å². The van der Waals surface area contributed by atoms with E-state index in [2.05, 4.69) is 15.4 Å². The summed E-state index contributed by atoms with van der Waals surface area (Å²) in [5.74, 6) is -0.870. The van der Waals surface area contributed by atoms with E-state index in [1.54, 1.807) is 26.2 Å². The zero-order chi connectivity index (χ0) is 18.0. The molecule has 0 radical (unpaired) electrons. The third kappa shape index (κ3) is 3.29. The monoisotopic (exact) mass is 344 g/mol. The number of carboxylic acids is 1. The summed E-state index contributed by atoms with van der Waals surface area (Å²) in [5.41, 5.74) is 2.12. The lowest BCUT2D eigenvalue weighted by Gasteiger charge is -2.19. The highest BCUT2D eigenvalue weighted by Crippen LogP contribution is 2.26. The van der Waals surface area contributed by atoms with Crippen molar-refractivity contribution >= 4 is 17.3 Å². The first-order valence-corrected chi connectivity index (χ1v) is 7.58. The van der Waals surface area contributed by atoms with Crippen molar-refractivity contribution < 1.29 is 19.0 Å². The molecule has 0 aliphatic carbocycles. The van der Waals surface area contributed by atoms with E-state index in [1.165, 1.54) is 29.2 Å². The van der Waals surface area contributed by atoms with Crippen molar-refractivity contribution in [2.24, 2.45) is 0 Å². The first kappa shape index (κ1) is 16.8. The van der Waals surface area contributed by atoms with Crippen molar-refractivity contribution in [2.75, 3.05) is 19.0 Å². The van der Waals surface area contributed by atoms with Crippen LogP contribution in [0.5, 0.6) is 0 Å². The van der Waals surface area contributed by atoms with Crippen molar-refractivity contribution in [1.29, 1.82) is 0 Å². The first-order chi connectivity index (χ1) is 12.0. The lowest BCUT2D eigenvalue weighted by Crippen LogP contribution is -2.18. The fourth-order valence-electron chi connectivity index (χ4n) is 2.73. The normalized spacial score (nSPS) is 12.3. The number of rotatable bonds is 6. The number of ether oxygens (including phenoxy) is 1. The molecule has 0 saturated carbocycles. The number of fused-ring (bicyclic) bond motifs is 1. The van der Waals surface area contributed by atoms with Gasteiger partial charge in [-0.05, 0) is 30.2 Å². The Hall–Kier alpha value is -3.00. The molecular formula is C17H17FN4O3. The summed E-state index contributed by atoms with van der Waals surface area (Å²) < 4.78 is 19.9. The number of benzene rings is 1. The third-order valence-electron chi connectivity index (χ3n) is 3.97. The predicted molar refractivity (Wildman–Crippen MR) is 89.3 cm³/mol. The molecule has 1 unspecified atom stereocenters. The lowest BCUT2D eigenvalue weighted by molar-refractivity contribution is 0.0696. The molecule has 0 bridgehead atoms. The highest BCUT2D eigenvalue weighted by Gasteiger charge is 2.19. The SMILES string of the molecule is COCC(Nc1ncnn2cc(C(=O)O)c(C)c12)c1ccc(F)cc1. The minimum atomic E-state index is -1.03. The van der Waals surface area contributed by atoms with E-state index in [-0.39, 0.29) is 17.4 Å². The average Bonchev–Trinajstić information content (AvgIpc) is 2.93. The molecule has 3 rings (SSSR count). The number of carbonyl (C=O) groups is 1. The van der Waals surface area contributed by atoms with E-state index in [9.17, 15) is 14.3 Å². The average molecular weight is 344 g/mol. The summed E-state index contributed by atoms with van der Waals surface area (Å²) in [4.78, 5) is 15.6. The van der Waals surface area contributed by atoms with Gasteiger partial charge in [0.1, 0.15) is 17.7 Å². The summed E-state index contributed by atoms with van der Waals surface area (Å²) in [6.07, 6.45) is 2.79. The fourth-order valence-corrected chi connectivity index (χ4v) is 2.73. The van der Waals surface area contributed by atoms with Crippen LogP contribution in [-0.2, 0) is 4.74 Å². The van der Waals surface area contributed by atoms with Gasteiger partial charge in [-0.2, -0.15) is 5.10 Å². The highest BCUT2D eigenvalue weighted by molar-refractivity contribution is 5.93. The van der Waals surface area contributed by atoms with Crippen LogP contribution in [0.25, 0.3) is 5.52 Å². The molecule has 8 heteroatoms. The largest absolute Gasteiger partial charge is 0.478 e. The Kier molecular flexibility index (Phi) is 4.62. The Morgan fingerprint density at radius 1 is 1.40 bits per heavy atom. The summed E-state index contributed by atoms with van der Waals surface area (Å²) in [6, 6.07) is 5.79. The van der Waals surface area contributed by atoms with Gasteiger partial charge in [-0.1, -0.05) is 12.1 Å². The Morgan fingerprint density at radius 3 is 2.76 bits per heavy atom. The van der Waals surface area contributed by atoms with Crippen LogP contribution in [0.15, 0.2) is 36.8 Å². The number of carboxylic acid groups (broad SMARTS) is 1. The number of nitrogens with one attached hydrogen (secondary N) is 1. The lowest BCUT2D eigenvalue weighted by atomic mass is 10.1. The van der Waals surface area contributed by atoms with Crippen molar-refractivity contribution in [3.05, 3.63) is 59.3 Å². The predicted octanol–water partition coefficient (Wildman–Crippen LogP) is 2.67. The minimum Gasteiger partial charge on any atom is -0.478 e. The van der Waals surface area contributed by atoms with Gasteiger partial charge in [-0.15, -0.1) is 0 Å². The topological polar surface area (TPSA) is 88.8 Å². The standard InChI is InChI=1S/C17H17FN4O3/c1-10-13(17(23)24)7-22-15(10)16(19-9-20-22)21-14(8-25-2)11-3-5-12(18)6-4-11/h3-7,9,14H,8H2,1-2H3,(H,23,24)(H,19,20,21). The molecule has 1 atom stereocenters.